The van der Waals surface area contributed by atoms with Crippen LogP contribution < -0.4 is 20.4 Å². The molecule has 1 aliphatic rings. The molecule has 8 nitrogen and oxygen atoms in total. The second-order valence-corrected chi connectivity index (χ2v) is 10.5. The molecule has 8 heteroatoms. The van der Waals surface area contributed by atoms with Crippen molar-refractivity contribution in [2.75, 3.05) is 60.8 Å². The fraction of sp³-hybridized carbons (Fsp3) is 0.176. The Hall–Kier alpha value is -5.08. The lowest BCUT2D eigenvalue weighted by Gasteiger charge is -2.28. The number of morpholine rings is 1. The number of hydrogen-bond donors (Lipinski definition) is 2. The molecule has 2 heterocycles. The average Bonchev–Trinajstić information content (AvgIpc) is 3.46. The van der Waals surface area contributed by atoms with E-state index in [4.69, 9.17) is 4.74 Å². The van der Waals surface area contributed by atoms with Gasteiger partial charge in [0.25, 0.3) is 11.8 Å². The molecular weight excluding hydrogens is 526 g/mol. The molecule has 2 N–H and O–H groups in total. The number of amides is 2. The minimum absolute atomic E-state index is 0.153. The standard InChI is InChI=1S/C34H33N5O3/c1-37(2)29-10-3-24(4-11-29)33(40)35-28-8-14-31(15-9-28)39-18-17-25-23-26(5-16-32(25)39)34(41)36-27-6-12-30(13-7-27)38-19-21-42-22-20-38/h3-18,23H,19-22H2,1-2H3,(H,35,40)(H,36,41). The molecule has 0 aliphatic carbocycles. The van der Waals surface area contributed by atoms with E-state index in [-0.39, 0.29) is 11.8 Å². The highest BCUT2D eigenvalue weighted by atomic mass is 16.5. The van der Waals surface area contributed by atoms with Crippen LogP contribution in [0, 0.1) is 0 Å². The number of nitrogens with zero attached hydrogens (tertiary/aromatic N) is 3. The highest BCUT2D eigenvalue weighted by Gasteiger charge is 2.13. The molecule has 0 atom stereocenters. The molecule has 1 aliphatic heterocycles. The maximum atomic E-state index is 13.0. The van der Waals surface area contributed by atoms with Gasteiger partial charge in [-0.2, -0.15) is 0 Å². The number of anilines is 4. The number of carbonyl (C=O) groups excluding carboxylic acids is 2. The van der Waals surface area contributed by atoms with E-state index < -0.39 is 0 Å². The highest BCUT2D eigenvalue weighted by molar-refractivity contribution is 6.06. The Balaban J connectivity index is 1.11. The van der Waals surface area contributed by atoms with Gasteiger partial charge in [-0.05, 0) is 97.1 Å². The fourth-order valence-corrected chi connectivity index (χ4v) is 5.11. The number of benzene rings is 4. The van der Waals surface area contributed by atoms with E-state index in [9.17, 15) is 9.59 Å². The van der Waals surface area contributed by atoms with Gasteiger partial charge in [-0.3, -0.25) is 9.59 Å². The summed E-state index contributed by atoms with van der Waals surface area (Å²) in [7, 11) is 3.93. The number of aromatic nitrogens is 1. The van der Waals surface area contributed by atoms with E-state index in [1.165, 1.54) is 0 Å². The van der Waals surface area contributed by atoms with Crippen LogP contribution >= 0.6 is 0 Å². The second kappa shape index (κ2) is 11.8. The quantitative estimate of drug-likeness (QED) is 0.254. The molecule has 1 aromatic heterocycles. The number of rotatable bonds is 7. The Morgan fingerprint density at radius 1 is 0.690 bits per heavy atom. The van der Waals surface area contributed by atoms with Crippen LogP contribution in [0.25, 0.3) is 16.6 Å². The smallest absolute Gasteiger partial charge is 0.255 e. The van der Waals surface area contributed by atoms with Crippen molar-refractivity contribution < 1.29 is 14.3 Å². The van der Waals surface area contributed by atoms with Crippen molar-refractivity contribution in [1.29, 1.82) is 0 Å². The van der Waals surface area contributed by atoms with Crippen molar-refractivity contribution in [2.24, 2.45) is 0 Å². The highest BCUT2D eigenvalue weighted by Crippen LogP contribution is 2.25. The van der Waals surface area contributed by atoms with Crippen LogP contribution in [0.15, 0.2) is 103 Å². The van der Waals surface area contributed by atoms with Gasteiger partial charge in [0.2, 0.25) is 0 Å². The summed E-state index contributed by atoms with van der Waals surface area (Å²) in [5.41, 5.74) is 6.78. The van der Waals surface area contributed by atoms with Gasteiger partial charge < -0.3 is 29.7 Å². The molecule has 212 valence electrons. The molecule has 4 aromatic carbocycles. The van der Waals surface area contributed by atoms with Gasteiger partial charge in [-0.15, -0.1) is 0 Å². The number of fused-ring (bicyclic) bond motifs is 1. The first kappa shape index (κ1) is 27.1. The summed E-state index contributed by atoms with van der Waals surface area (Å²) < 4.78 is 7.49. The summed E-state index contributed by atoms with van der Waals surface area (Å²) in [6.45, 7) is 3.22. The average molecular weight is 560 g/mol. The SMILES string of the molecule is CN(C)c1ccc(C(=O)Nc2ccc(-n3ccc4cc(C(=O)Nc5ccc(N6CCOCC6)cc5)ccc43)cc2)cc1. The van der Waals surface area contributed by atoms with Gasteiger partial charge in [0.1, 0.15) is 0 Å². The van der Waals surface area contributed by atoms with E-state index in [2.05, 4.69) is 20.1 Å². The fourth-order valence-electron chi connectivity index (χ4n) is 5.11. The van der Waals surface area contributed by atoms with Gasteiger partial charge in [0, 0.05) is 78.3 Å². The Kier molecular flexibility index (Phi) is 7.62. The third-order valence-corrected chi connectivity index (χ3v) is 7.50. The molecule has 5 aromatic rings. The van der Waals surface area contributed by atoms with Crippen molar-refractivity contribution in [1.82, 2.24) is 4.57 Å². The zero-order valence-electron chi connectivity index (χ0n) is 23.7. The third kappa shape index (κ3) is 5.84. The molecule has 0 unspecified atom stereocenters. The van der Waals surface area contributed by atoms with Gasteiger partial charge in [-0.1, -0.05) is 0 Å². The maximum absolute atomic E-state index is 13.0. The van der Waals surface area contributed by atoms with Crippen LogP contribution in [0.5, 0.6) is 0 Å². The van der Waals surface area contributed by atoms with Crippen LogP contribution in [-0.4, -0.2) is 56.8 Å². The van der Waals surface area contributed by atoms with Crippen molar-refractivity contribution in [3.8, 4) is 5.69 Å². The topological polar surface area (TPSA) is 78.8 Å². The molecular formula is C34H33N5O3. The predicted molar refractivity (Wildman–Crippen MR) is 169 cm³/mol. The molecule has 2 amide bonds. The van der Waals surface area contributed by atoms with Crippen LogP contribution in [-0.2, 0) is 4.74 Å². The van der Waals surface area contributed by atoms with E-state index in [1.54, 1.807) is 0 Å². The zero-order chi connectivity index (χ0) is 29.1. The second-order valence-electron chi connectivity index (χ2n) is 10.5. The summed E-state index contributed by atoms with van der Waals surface area (Å²) in [5, 5.41) is 6.93. The molecule has 0 saturated carbocycles. The molecule has 1 fully saturated rings. The molecule has 1 saturated heterocycles. The van der Waals surface area contributed by atoms with E-state index in [1.807, 2.05) is 122 Å². The Bertz CT molecular complexity index is 1700. The van der Waals surface area contributed by atoms with Crippen molar-refractivity contribution in [2.45, 2.75) is 0 Å². The van der Waals surface area contributed by atoms with Crippen molar-refractivity contribution in [3.05, 3.63) is 114 Å². The van der Waals surface area contributed by atoms with Gasteiger partial charge in [0.15, 0.2) is 0 Å². The minimum atomic E-state index is -0.154. The minimum Gasteiger partial charge on any atom is -0.378 e. The first-order valence-corrected chi connectivity index (χ1v) is 14.0. The summed E-state index contributed by atoms with van der Waals surface area (Å²) in [4.78, 5) is 30.0. The first-order valence-electron chi connectivity index (χ1n) is 14.0. The van der Waals surface area contributed by atoms with Gasteiger partial charge >= 0.3 is 0 Å². The van der Waals surface area contributed by atoms with Gasteiger partial charge in [0.05, 0.1) is 18.7 Å². The first-order chi connectivity index (χ1) is 20.4. The monoisotopic (exact) mass is 559 g/mol. The lowest BCUT2D eigenvalue weighted by molar-refractivity contribution is 0.101. The lowest BCUT2D eigenvalue weighted by Crippen LogP contribution is -2.36. The van der Waals surface area contributed by atoms with Crippen molar-refractivity contribution >= 4 is 45.5 Å². The van der Waals surface area contributed by atoms with Crippen LogP contribution in [0.1, 0.15) is 20.7 Å². The maximum Gasteiger partial charge on any atom is 0.255 e. The van der Waals surface area contributed by atoms with E-state index in [0.29, 0.717) is 16.8 Å². The predicted octanol–water partition coefficient (Wildman–Crippen LogP) is 6.04. The zero-order valence-corrected chi connectivity index (χ0v) is 23.7. The van der Waals surface area contributed by atoms with E-state index >= 15 is 0 Å². The van der Waals surface area contributed by atoms with E-state index in [0.717, 1.165) is 60.0 Å². The molecule has 42 heavy (non-hydrogen) atoms. The number of carbonyl (C=O) groups is 2. The summed E-state index contributed by atoms with van der Waals surface area (Å²) in [5.74, 6) is -0.307. The Labute approximate surface area is 245 Å². The summed E-state index contributed by atoms with van der Waals surface area (Å²) in [6, 6.07) is 30.8. The summed E-state index contributed by atoms with van der Waals surface area (Å²) >= 11 is 0. The van der Waals surface area contributed by atoms with Crippen LogP contribution in [0.4, 0.5) is 22.7 Å². The van der Waals surface area contributed by atoms with Gasteiger partial charge in [-0.25, -0.2) is 0 Å². The molecule has 0 bridgehead atoms. The Morgan fingerprint density at radius 3 is 1.88 bits per heavy atom. The number of ether oxygens (including phenoxy) is 1. The normalized spacial score (nSPS) is 13.1. The summed E-state index contributed by atoms with van der Waals surface area (Å²) in [6.07, 6.45) is 1.98. The third-order valence-electron chi connectivity index (χ3n) is 7.50. The largest absolute Gasteiger partial charge is 0.378 e. The van der Waals surface area contributed by atoms with Crippen LogP contribution in [0.2, 0.25) is 0 Å². The Morgan fingerprint density at radius 2 is 1.26 bits per heavy atom. The van der Waals surface area contributed by atoms with Crippen LogP contribution in [0.3, 0.4) is 0 Å². The van der Waals surface area contributed by atoms with Crippen molar-refractivity contribution in [3.63, 3.8) is 0 Å². The number of hydrogen-bond acceptors (Lipinski definition) is 5. The molecule has 6 rings (SSSR count). The number of nitrogens with one attached hydrogen (secondary N) is 2. The molecule has 0 spiro atoms. The lowest BCUT2D eigenvalue weighted by atomic mass is 10.1. The molecule has 0 radical (unpaired) electrons.